The van der Waals surface area contributed by atoms with Crippen LogP contribution < -0.4 is 10.6 Å². The molecule has 0 aromatic heterocycles. The van der Waals surface area contributed by atoms with Crippen LogP contribution in [0.15, 0.2) is 29.3 Å². The lowest BCUT2D eigenvalue weighted by Crippen LogP contribution is -2.38. The van der Waals surface area contributed by atoms with Crippen LogP contribution in [0, 0.1) is 0 Å². The van der Waals surface area contributed by atoms with Gasteiger partial charge in [0.1, 0.15) is 5.75 Å². The number of guanidine groups is 1. The Morgan fingerprint density at radius 3 is 2.67 bits per heavy atom. The number of nitrogens with one attached hydrogen (secondary N) is 2. The minimum absolute atomic E-state index is 0.280. The van der Waals surface area contributed by atoms with Crippen LogP contribution in [0.2, 0.25) is 0 Å². The van der Waals surface area contributed by atoms with Gasteiger partial charge in [-0.05, 0) is 43.4 Å². The Kier molecular flexibility index (Phi) is 8.41. The number of benzene rings is 1. The molecule has 1 fully saturated rings. The molecule has 1 unspecified atom stereocenters. The summed E-state index contributed by atoms with van der Waals surface area (Å²) in [5.74, 6) is 1.14. The third-order valence-corrected chi connectivity index (χ3v) is 3.95. The average Bonchev–Trinajstić information content (AvgIpc) is 3.11. The smallest absolute Gasteiger partial charge is 0.190 e. The maximum Gasteiger partial charge on any atom is 0.190 e. The molecule has 0 aliphatic carbocycles. The van der Waals surface area contributed by atoms with E-state index in [2.05, 4.69) is 15.6 Å². The summed E-state index contributed by atoms with van der Waals surface area (Å²) in [4.78, 5) is 4.22. The van der Waals surface area contributed by atoms with Crippen LogP contribution in [-0.4, -0.2) is 57.1 Å². The van der Waals surface area contributed by atoms with Gasteiger partial charge >= 0.3 is 0 Å². The molecular formula is C18H29N3O3. The Balaban J connectivity index is 1.49. The molecule has 134 valence electrons. The molecule has 1 aromatic rings. The number of hydrogen-bond donors (Lipinski definition) is 3. The van der Waals surface area contributed by atoms with E-state index in [1.54, 1.807) is 19.2 Å². The van der Waals surface area contributed by atoms with Gasteiger partial charge in [-0.2, -0.15) is 0 Å². The van der Waals surface area contributed by atoms with Gasteiger partial charge in [-0.15, -0.1) is 0 Å². The van der Waals surface area contributed by atoms with E-state index in [-0.39, 0.29) is 6.10 Å². The number of aliphatic imine (C=N–C) groups is 1. The number of rotatable bonds is 9. The predicted octanol–water partition coefficient (Wildman–Crippen LogP) is 1.69. The van der Waals surface area contributed by atoms with Crippen LogP contribution in [-0.2, 0) is 15.9 Å². The minimum atomic E-state index is 0.280. The molecule has 6 heteroatoms. The average molecular weight is 335 g/mol. The van der Waals surface area contributed by atoms with Crippen LogP contribution in [0.4, 0.5) is 0 Å². The second kappa shape index (κ2) is 10.9. The van der Waals surface area contributed by atoms with Crippen molar-refractivity contribution in [2.24, 2.45) is 4.99 Å². The topological polar surface area (TPSA) is 75.1 Å². The highest BCUT2D eigenvalue weighted by molar-refractivity contribution is 5.79. The van der Waals surface area contributed by atoms with Crippen molar-refractivity contribution in [3.05, 3.63) is 29.8 Å². The van der Waals surface area contributed by atoms with Crippen molar-refractivity contribution >= 4 is 5.96 Å². The second-order valence-corrected chi connectivity index (χ2v) is 5.91. The lowest BCUT2D eigenvalue weighted by molar-refractivity contribution is 0.0420. The van der Waals surface area contributed by atoms with Crippen molar-refractivity contribution in [1.29, 1.82) is 0 Å². The van der Waals surface area contributed by atoms with E-state index in [0.717, 1.165) is 64.6 Å². The molecule has 1 atom stereocenters. The molecule has 1 aliphatic heterocycles. The number of phenolic OH excluding ortho intramolecular Hbond substituents is 1. The molecule has 0 radical (unpaired) electrons. The number of hydrogen-bond acceptors (Lipinski definition) is 4. The summed E-state index contributed by atoms with van der Waals surface area (Å²) in [5, 5.41) is 15.9. The third-order valence-electron chi connectivity index (χ3n) is 3.95. The summed E-state index contributed by atoms with van der Waals surface area (Å²) in [6, 6.07) is 7.36. The first-order valence-corrected chi connectivity index (χ1v) is 8.69. The van der Waals surface area contributed by atoms with Gasteiger partial charge in [0.05, 0.1) is 12.7 Å². The SMILES string of the molecule is CN=C(NCCCOC1CCOC1)NCCCc1ccc(O)cc1. The summed E-state index contributed by atoms with van der Waals surface area (Å²) in [7, 11) is 1.78. The quantitative estimate of drug-likeness (QED) is 0.364. The highest BCUT2D eigenvalue weighted by atomic mass is 16.5. The van der Waals surface area contributed by atoms with Gasteiger partial charge in [0.15, 0.2) is 5.96 Å². The molecule has 24 heavy (non-hydrogen) atoms. The number of aryl methyl sites for hydroxylation is 1. The summed E-state index contributed by atoms with van der Waals surface area (Å²) in [6.07, 6.45) is 4.22. The largest absolute Gasteiger partial charge is 0.508 e. The fourth-order valence-electron chi connectivity index (χ4n) is 2.56. The lowest BCUT2D eigenvalue weighted by Gasteiger charge is -2.13. The molecule has 0 saturated carbocycles. The standard InChI is InChI=1S/C18H29N3O3/c1-19-18(21-11-3-12-24-17-9-13-23-14-17)20-10-2-4-15-5-7-16(22)8-6-15/h5-8,17,22H,2-4,9-14H2,1H3,(H2,19,20,21). The monoisotopic (exact) mass is 335 g/mol. The van der Waals surface area contributed by atoms with E-state index in [1.807, 2.05) is 12.1 Å². The van der Waals surface area contributed by atoms with E-state index in [9.17, 15) is 5.11 Å². The lowest BCUT2D eigenvalue weighted by atomic mass is 10.1. The van der Waals surface area contributed by atoms with E-state index in [0.29, 0.717) is 5.75 Å². The van der Waals surface area contributed by atoms with Crippen LogP contribution in [0.25, 0.3) is 0 Å². The molecule has 1 heterocycles. The first-order valence-electron chi connectivity index (χ1n) is 8.69. The van der Waals surface area contributed by atoms with Crippen molar-refractivity contribution in [3.63, 3.8) is 0 Å². The molecular weight excluding hydrogens is 306 g/mol. The Labute approximate surface area is 144 Å². The Bertz CT molecular complexity index is 485. The highest BCUT2D eigenvalue weighted by Crippen LogP contribution is 2.10. The van der Waals surface area contributed by atoms with Crippen molar-refractivity contribution < 1.29 is 14.6 Å². The van der Waals surface area contributed by atoms with Gasteiger partial charge < -0.3 is 25.2 Å². The number of nitrogens with zero attached hydrogens (tertiary/aromatic N) is 1. The van der Waals surface area contributed by atoms with Crippen molar-refractivity contribution in [2.45, 2.75) is 31.8 Å². The Morgan fingerprint density at radius 1 is 1.25 bits per heavy atom. The van der Waals surface area contributed by atoms with Crippen LogP contribution in [0.5, 0.6) is 5.75 Å². The fourth-order valence-corrected chi connectivity index (χ4v) is 2.56. The van der Waals surface area contributed by atoms with Crippen LogP contribution >= 0.6 is 0 Å². The van der Waals surface area contributed by atoms with Crippen LogP contribution in [0.1, 0.15) is 24.8 Å². The second-order valence-electron chi connectivity index (χ2n) is 5.91. The first-order chi connectivity index (χ1) is 11.8. The minimum Gasteiger partial charge on any atom is -0.508 e. The van der Waals surface area contributed by atoms with Gasteiger partial charge in [0.25, 0.3) is 0 Å². The van der Waals surface area contributed by atoms with Crippen molar-refractivity contribution in [1.82, 2.24) is 10.6 Å². The van der Waals surface area contributed by atoms with Crippen molar-refractivity contribution in [2.75, 3.05) is 40.0 Å². The zero-order chi connectivity index (χ0) is 17.0. The molecule has 0 bridgehead atoms. The molecule has 2 rings (SSSR count). The third kappa shape index (κ3) is 7.19. The number of ether oxygens (including phenoxy) is 2. The van der Waals surface area contributed by atoms with Gasteiger partial charge in [-0.1, -0.05) is 12.1 Å². The van der Waals surface area contributed by atoms with E-state index in [4.69, 9.17) is 9.47 Å². The van der Waals surface area contributed by atoms with Gasteiger partial charge in [0.2, 0.25) is 0 Å². The fraction of sp³-hybridized carbons (Fsp3) is 0.611. The van der Waals surface area contributed by atoms with Crippen molar-refractivity contribution in [3.8, 4) is 5.75 Å². The van der Waals surface area contributed by atoms with Gasteiger partial charge in [0, 0.05) is 33.4 Å². The normalized spacial score (nSPS) is 17.9. The zero-order valence-corrected chi connectivity index (χ0v) is 14.5. The summed E-state index contributed by atoms with van der Waals surface area (Å²) < 4.78 is 11.0. The Morgan fingerprint density at radius 2 is 2.00 bits per heavy atom. The summed E-state index contributed by atoms with van der Waals surface area (Å²) >= 11 is 0. The molecule has 0 spiro atoms. The number of aromatic hydroxyl groups is 1. The summed E-state index contributed by atoms with van der Waals surface area (Å²) in [6.45, 7) is 4.00. The molecule has 1 aromatic carbocycles. The number of phenols is 1. The Hall–Kier alpha value is -1.79. The van der Waals surface area contributed by atoms with Crippen LogP contribution in [0.3, 0.4) is 0 Å². The summed E-state index contributed by atoms with van der Waals surface area (Å²) in [5.41, 5.74) is 1.23. The van der Waals surface area contributed by atoms with E-state index < -0.39 is 0 Å². The first kappa shape index (κ1) is 18.5. The zero-order valence-electron chi connectivity index (χ0n) is 14.5. The predicted molar refractivity (Wildman–Crippen MR) is 95.6 cm³/mol. The molecule has 3 N–H and O–H groups in total. The molecule has 1 saturated heterocycles. The maximum atomic E-state index is 9.26. The van der Waals surface area contributed by atoms with Gasteiger partial charge in [-0.3, -0.25) is 4.99 Å². The van der Waals surface area contributed by atoms with E-state index >= 15 is 0 Å². The van der Waals surface area contributed by atoms with E-state index in [1.165, 1.54) is 5.56 Å². The molecule has 0 amide bonds. The van der Waals surface area contributed by atoms with Gasteiger partial charge in [-0.25, -0.2) is 0 Å². The molecule has 1 aliphatic rings. The highest BCUT2D eigenvalue weighted by Gasteiger charge is 2.15. The molecule has 6 nitrogen and oxygen atoms in total. The maximum absolute atomic E-state index is 9.26.